The van der Waals surface area contributed by atoms with Crippen molar-refractivity contribution in [3.05, 3.63) is 83.0 Å². The molecule has 1 fully saturated rings. The topological polar surface area (TPSA) is 58.6 Å². The molecule has 0 spiro atoms. The Morgan fingerprint density at radius 2 is 1.78 bits per heavy atom. The zero-order valence-electron chi connectivity index (χ0n) is 18.5. The van der Waals surface area contributed by atoms with Gasteiger partial charge in [-0.15, -0.1) is 0 Å². The Kier molecular flexibility index (Phi) is 7.39. The van der Waals surface area contributed by atoms with E-state index >= 15 is 0 Å². The van der Waals surface area contributed by atoms with Gasteiger partial charge in [0.15, 0.2) is 5.16 Å². The summed E-state index contributed by atoms with van der Waals surface area (Å²) in [6.45, 7) is 5.28. The van der Waals surface area contributed by atoms with Crippen molar-refractivity contribution in [2.75, 3.05) is 38.3 Å². The summed E-state index contributed by atoms with van der Waals surface area (Å²) in [5.74, 6) is 1.67. The molecule has 2 aromatic carbocycles. The SMILES string of the molecule is Cc1cc(N(C)Cc2ccccc2)nc(SCc2cccc(C(=O)N3CCOCC3)c2)n1. The number of amides is 1. The van der Waals surface area contributed by atoms with Gasteiger partial charge in [0, 0.05) is 49.8 Å². The molecule has 1 saturated heterocycles. The third kappa shape index (κ3) is 5.87. The van der Waals surface area contributed by atoms with E-state index in [9.17, 15) is 4.79 Å². The number of benzene rings is 2. The van der Waals surface area contributed by atoms with Gasteiger partial charge < -0.3 is 14.5 Å². The minimum atomic E-state index is 0.0665. The standard InChI is InChI=1S/C25H28N4O2S/c1-19-15-23(28(2)17-20-7-4-3-5-8-20)27-25(26-19)32-18-21-9-6-10-22(16-21)24(30)29-11-13-31-14-12-29/h3-10,15-16H,11-14,17-18H2,1-2H3. The van der Waals surface area contributed by atoms with Crippen LogP contribution in [0.15, 0.2) is 65.8 Å². The van der Waals surface area contributed by atoms with Crippen LogP contribution in [0.2, 0.25) is 0 Å². The van der Waals surface area contributed by atoms with Crippen LogP contribution in [-0.2, 0) is 17.0 Å². The molecule has 0 radical (unpaired) electrons. The monoisotopic (exact) mass is 448 g/mol. The lowest BCUT2D eigenvalue weighted by Crippen LogP contribution is -2.40. The first kappa shape index (κ1) is 22.3. The van der Waals surface area contributed by atoms with Gasteiger partial charge in [-0.3, -0.25) is 4.79 Å². The van der Waals surface area contributed by atoms with Crippen LogP contribution in [-0.4, -0.2) is 54.1 Å². The second-order valence-corrected chi connectivity index (χ2v) is 8.83. The van der Waals surface area contributed by atoms with Crippen molar-refractivity contribution >= 4 is 23.5 Å². The molecule has 6 nitrogen and oxygen atoms in total. The second kappa shape index (κ2) is 10.6. The van der Waals surface area contributed by atoms with E-state index in [2.05, 4.69) is 22.0 Å². The molecule has 3 aromatic rings. The molecule has 0 atom stereocenters. The number of hydrogen-bond donors (Lipinski definition) is 0. The zero-order valence-corrected chi connectivity index (χ0v) is 19.3. The molecule has 0 unspecified atom stereocenters. The highest BCUT2D eigenvalue weighted by Crippen LogP contribution is 2.24. The molecule has 1 aliphatic rings. The van der Waals surface area contributed by atoms with E-state index in [1.54, 1.807) is 11.8 Å². The molecule has 0 saturated carbocycles. The van der Waals surface area contributed by atoms with Gasteiger partial charge >= 0.3 is 0 Å². The molecule has 7 heteroatoms. The summed E-state index contributed by atoms with van der Waals surface area (Å²) in [5.41, 5.74) is 3.98. The van der Waals surface area contributed by atoms with Gasteiger partial charge in [0.2, 0.25) is 0 Å². The summed E-state index contributed by atoms with van der Waals surface area (Å²) in [5, 5.41) is 0.741. The Balaban J connectivity index is 1.42. The van der Waals surface area contributed by atoms with Crippen molar-refractivity contribution in [1.29, 1.82) is 0 Å². The molecule has 166 valence electrons. The molecular weight excluding hydrogens is 420 g/mol. The largest absolute Gasteiger partial charge is 0.378 e. The van der Waals surface area contributed by atoms with E-state index in [-0.39, 0.29) is 5.91 Å². The number of anilines is 1. The van der Waals surface area contributed by atoms with Crippen LogP contribution in [0.3, 0.4) is 0 Å². The van der Waals surface area contributed by atoms with Gasteiger partial charge in [-0.25, -0.2) is 9.97 Å². The van der Waals surface area contributed by atoms with Gasteiger partial charge in [-0.2, -0.15) is 0 Å². The van der Waals surface area contributed by atoms with E-state index in [0.29, 0.717) is 32.1 Å². The molecule has 4 rings (SSSR count). The van der Waals surface area contributed by atoms with Gasteiger partial charge in [0.25, 0.3) is 5.91 Å². The smallest absolute Gasteiger partial charge is 0.254 e. The van der Waals surface area contributed by atoms with E-state index in [4.69, 9.17) is 9.72 Å². The summed E-state index contributed by atoms with van der Waals surface area (Å²) < 4.78 is 5.35. The summed E-state index contributed by atoms with van der Waals surface area (Å²) in [4.78, 5) is 26.1. The predicted octanol–water partition coefficient (Wildman–Crippen LogP) is 4.19. The highest BCUT2D eigenvalue weighted by atomic mass is 32.2. The van der Waals surface area contributed by atoms with Crippen LogP contribution in [0, 0.1) is 6.92 Å². The molecule has 2 heterocycles. The number of hydrogen-bond acceptors (Lipinski definition) is 6. The lowest BCUT2D eigenvalue weighted by Gasteiger charge is -2.27. The minimum absolute atomic E-state index is 0.0665. The van der Waals surface area contributed by atoms with Gasteiger partial charge in [-0.05, 0) is 30.2 Å². The van der Waals surface area contributed by atoms with Crippen molar-refractivity contribution in [3.8, 4) is 0 Å². The number of morpholine rings is 1. The first-order valence-electron chi connectivity index (χ1n) is 10.8. The molecule has 0 N–H and O–H groups in total. The van der Waals surface area contributed by atoms with Crippen LogP contribution in [0.25, 0.3) is 0 Å². The highest BCUT2D eigenvalue weighted by molar-refractivity contribution is 7.98. The third-order valence-electron chi connectivity index (χ3n) is 5.31. The number of rotatable bonds is 7. The van der Waals surface area contributed by atoms with Crippen LogP contribution in [0.4, 0.5) is 5.82 Å². The van der Waals surface area contributed by atoms with Crippen LogP contribution in [0.1, 0.15) is 27.2 Å². The van der Waals surface area contributed by atoms with Gasteiger partial charge in [-0.1, -0.05) is 54.2 Å². The molecule has 32 heavy (non-hydrogen) atoms. The highest BCUT2D eigenvalue weighted by Gasteiger charge is 2.18. The fourth-order valence-electron chi connectivity index (χ4n) is 3.61. The lowest BCUT2D eigenvalue weighted by atomic mass is 10.1. The fraction of sp³-hybridized carbons (Fsp3) is 0.320. The van der Waals surface area contributed by atoms with E-state index in [0.717, 1.165) is 34.3 Å². The predicted molar refractivity (Wildman–Crippen MR) is 128 cm³/mol. The number of ether oxygens (including phenoxy) is 1. The third-order valence-corrected chi connectivity index (χ3v) is 6.23. The Morgan fingerprint density at radius 1 is 1.03 bits per heavy atom. The summed E-state index contributed by atoms with van der Waals surface area (Å²) in [6, 6.07) is 20.2. The van der Waals surface area contributed by atoms with Crippen molar-refractivity contribution < 1.29 is 9.53 Å². The summed E-state index contributed by atoms with van der Waals surface area (Å²) in [6.07, 6.45) is 0. The summed E-state index contributed by atoms with van der Waals surface area (Å²) in [7, 11) is 2.05. The van der Waals surface area contributed by atoms with Crippen molar-refractivity contribution in [3.63, 3.8) is 0 Å². The van der Waals surface area contributed by atoms with Crippen molar-refractivity contribution in [1.82, 2.24) is 14.9 Å². The van der Waals surface area contributed by atoms with E-state index in [1.807, 2.05) is 67.4 Å². The fourth-order valence-corrected chi connectivity index (χ4v) is 4.46. The maximum Gasteiger partial charge on any atom is 0.254 e. The van der Waals surface area contributed by atoms with E-state index < -0.39 is 0 Å². The zero-order chi connectivity index (χ0) is 22.3. The average Bonchev–Trinajstić information content (AvgIpc) is 2.83. The van der Waals surface area contributed by atoms with Crippen LogP contribution >= 0.6 is 11.8 Å². The minimum Gasteiger partial charge on any atom is -0.378 e. The van der Waals surface area contributed by atoms with Crippen LogP contribution < -0.4 is 4.90 Å². The first-order chi connectivity index (χ1) is 15.6. The maximum absolute atomic E-state index is 12.8. The van der Waals surface area contributed by atoms with Gasteiger partial charge in [0.05, 0.1) is 13.2 Å². The quantitative estimate of drug-likeness (QED) is 0.399. The van der Waals surface area contributed by atoms with Crippen molar-refractivity contribution in [2.45, 2.75) is 24.4 Å². The molecular formula is C25H28N4O2S. The number of carbonyl (C=O) groups excluding carboxylic acids is 1. The number of thioether (sulfide) groups is 1. The Hall–Kier alpha value is -2.90. The van der Waals surface area contributed by atoms with E-state index in [1.165, 1.54) is 5.56 Å². The molecule has 0 bridgehead atoms. The first-order valence-corrected chi connectivity index (χ1v) is 11.8. The molecule has 1 aromatic heterocycles. The second-order valence-electron chi connectivity index (χ2n) is 7.89. The van der Waals surface area contributed by atoms with Crippen LogP contribution in [0.5, 0.6) is 0 Å². The molecule has 1 aliphatic heterocycles. The van der Waals surface area contributed by atoms with Crippen molar-refractivity contribution in [2.24, 2.45) is 0 Å². The normalized spacial score (nSPS) is 13.8. The lowest BCUT2D eigenvalue weighted by molar-refractivity contribution is 0.0303. The molecule has 1 amide bonds. The Bertz CT molecular complexity index is 1050. The summed E-state index contributed by atoms with van der Waals surface area (Å²) >= 11 is 1.59. The average molecular weight is 449 g/mol. The molecule has 0 aliphatic carbocycles. The Morgan fingerprint density at radius 3 is 2.56 bits per heavy atom. The maximum atomic E-state index is 12.8. The van der Waals surface area contributed by atoms with Gasteiger partial charge in [0.1, 0.15) is 5.82 Å². The number of carbonyl (C=O) groups is 1. The number of nitrogens with zero attached hydrogens (tertiary/aromatic N) is 4. The number of aryl methyl sites for hydroxylation is 1. The number of aromatic nitrogens is 2. The Labute approximate surface area is 193 Å².